The molecule has 0 radical (unpaired) electrons. The zero-order valence-corrected chi connectivity index (χ0v) is 11.3. The van der Waals surface area contributed by atoms with E-state index in [2.05, 4.69) is 55.5 Å². The lowest BCUT2D eigenvalue weighted by Crippen LogP contribution is -2.20. The van der Waals surface area contributed by atoms with Gasteiger partial charge in [-0.15, -0.1) is 11.3 Å². The second-order valence-electron chi connectivity index (χ2n) is 3.50. The van der Waals surface area contributed by atoms with Crippen molar-refractivity contribution in [2.75, 3.05) is 6.54 Å². The van der Waals surface area contributed by atoms with Crippen LogP contribution in [-0.4, -0.2) is 21.7 Å². The number of nitrogens with one attached hydrogen (secondary N) is 2. The monoisotopic (exact) mass is 300 g/mol. The quantitative estimate of drug-likeness (QED) is 0.892. The van der Waals surface area contributed by atoms with Gasteiger partial charge in [0.2, 0.25) is 0 Å². The van der Waals surface area contributed by atoms with Gasteiger partial charge in [-0.05, 0) is 35.0 Å². The molecule has 2 aromatic heterocycles. The molecule has 2 aromatic rings. The number of halogens is 1. The molecule has 0 bridgehead atoms. The third kappa shape index (κ3) is 3.13. The van der Waals surface area contributed by atoms with Crippen molar-refractivity contribution >= 4 is 27.3 Å². The van der Waals surface area contributed by atoms with Gasteiger partial charge in [-0.3, -0.25) is 5.10 Å². The van der Waals surface area contributed by atoms with Gasteiger partial charge in [0.25, 0.3) is 0 Å². The van der Waals surface area contributed by atoms with E-state index >= 15 is 0 Å². The summed E-state index contributed by atoms with van der Waals surface area (Å²) in [5.74, 6) is 0.923. The number of thiophene rings is 1. The molecular formula is C10H13BrN4S. The summed E-state index contributed by atoms with van der Waals surface area (Å²) in [7, 11) is 0. The second kappa shape index (κ2) is 5.56. The Hall–Kier alpha value is -0.720. The van der Waals surface area contributed by atoms with E-state index in [4.69, 9.17) is 0 Å². The zero-order valence-electron chi connectivity index (χ0n) is 8.90. The zero-order chi connectivity index (χ0) is 11.4. The molecule has 16 heavy (non-hydrogen) atoms. The van der Waals surface area contributed by atoms with Crippen LogP contribution < -0.4 is 5.32 Å². The van der Waals surface area contributed by atoms with E-state index in [1.165, 1.54) is 15.0 Å². The Labute approximate surface area is 107 Å². The number of nitrogens with zero attached hydrogens (tertiary/aromatic N) is 2. The van der Waals surface area contributed by atoms with Crippen molar-refractivity contribution in [3.05, 3.63) is 32.9 Å². The van der Waals surface area contributed by atoms with Crippen LogP contribution in [0, 0.1) is 0 Å². The van der Waals surface area contributed by atoms with E-state index < -0.39 is 0 Å². The predicted molar refractivity (Wildman–Crippen MR) is 68.5 cm³/mol. The first-order chi connectivity index (χ1) is 7.75. The van der Waals surface area contributed by atoms with Crippen LogP contribution in [0.15, 0.2) is 22.2 Å². The number of hydrogen-bond donors (Lipinski definition) is 2. The van der Waals surface area contributed by atoms with E-state index in [0.717, 1.165) is 18.8 Å². The van der Waals surface area contributed by atoms with Gasteiger partial charge < -0.3 is 5.32 Å². The molecule has 0 spiro atoms. The molecule has 86 valence electrons. The van der Waals surface area contributed by atoms with Crippen LogP contribution in [0.1, 0.15) is 23.7 Å². The summed E-state index contributed by atoms with van der Waals surface area (Å²) in [4.78, 5) is 5.42. The van der Waals surface area contributed by atoms with E-state index in [9.17, 15) is 0 Å². The molecule has 1 unspecified atom stereocenters. The highest BCUT2D eigenvalue weighted by Crippen LogP contribution is 2.26. The smallest absolute Gasteiger partial charge is 0.137 e. The molecule has 1 atom stereocenters. The molecule has 0 aliphatic heterocycles. The van der Waals surface area contributed by atoms with E-state index in [1.54, 1.807) is 11.3 Å². The minimum absolute atomic E-state index is 0.374. The van der Waals surface area contributed by atoms with Gasteiger partial charge in [0.15, 0.2) is 0 Å². The summed E-state index contributed by atoms with van der Waals surface area (Å²) in [6.45, 7) is 3.06. The fourth-order valence-electron chi connectivity index (χ4n) is 1.42. The molecule has 2 N–H and O–H groups in total. The fourth-order valence-corrected chi connectivity index (χ4v) is 2.87. The molecule has 0 aliphatic carbocycles. The normalized spacial score (nSPS) is 12.9. The van der Waals surface area contributed by atoms with Crippen molar-refractivity contribution in [1.82, 2.24) is 20.5 Å². The molecular weight excluding hydrogens is 288 g/mol. The van der Waals surface area contributed by atoms with Crippen LogP contribution in [0.4, 0.5) is 0 Å². The maximum atomic E-state index is 4.08. The van der Waals surface area contributed by atoms with E-state index in [0.29, 0.717) is 6.04 Å². The predicted octanol–water partition coefficient (Wildman–Crippen LogP) is 2.52. The largest absolute Gasteiger partial charge is 0.309 e. The first-order valence-corrected chi connectivity index (χ1v) is 6.69. The summed E-state index contributed by atoms with van der Waals surface area (Å²) in [5, 5.41) is 10.1. The highest BCUT2D eigenvalue weighted by molar-refractivity contribution is 9.11. The topological polar surface area (TPSA) is 53.6 Å². The van der Waals surface area contributed by atoms with Gasteiger partial charge in [-0.2, -0.15) is 5.10 Å². The third-order valence-electron chi connectivity index (χ3n) is 2.30. The second-order valence-corrected chi connectivity index (χ2v) is 5.99. The Kier molecular flexibility index (Phi) is 4.09. The van der Waals surface area contributed by atoms with Crippen LogP contribution in [0.5, 0.6) is 0 Å². The highest BCUT2D eigenvalue weighted by Gasteiger charge is 2.07. The Balaban J connectivity index is 1.78. The molecule has 0 saturated heterocycles. The van der Waals surface area contributed by atoms with Crippen LogP contribution in [0.3, 0.4) is 0 Å². The summed E-state index contributed by atoms with van der Waals surface area (Å²) in [5.41, 5.74) is 0. The van der Waals surface area contributed by atoms with E-state index in [1.807, 2.05) is 0 Å². The number of hydrogen-bond acceptors (Lipinski definition) is 4. The molecule has 4 nitrogen and oxygen atoms in total. The molecule has 6 heteroatoms. The van der Waals surface area contributed by atoms with Crippen molar-refractivity contribution < 1.29 is 0 Å². The van der Waals surface area contributed by atoms with Crippen molar-refractivity contribution in [2.45, 2.75) is 19.4 Å². The highest BCUT2D eigenvalue weighted by atomic mass is 79.9. The third-order valence-corrected chi connectivity index (χ3v) is 4.10. The van der Waals surface area contributed by atoms with Gasteiger partial charge in [0.1, 0.15) is 12.2 Å². The van der Waals surface area contributed by atoms with Crippen molar-refractivity contribution in [3.8, 4) is 0 Å². The van der Waals surface area contributed by atoms with Crippen LogP contribution in [0.2, 0.25) is 0 Å². The van der Waals surface area contributed by atoms with Crippen molar-refractivity contribution in [2.24, 2.45) is 0 Å². The fraction of sp³-hybridized carbons (Fsp3) is 0.400. The minimum atomic E-state index is 0.374. The summed E-state index contributed by atoms with van der Waals surface area (Å²) in [6.07, 6.45) is 2.41. The maximum Gasteiger partial charge on any atom is 0.137 e. The van der Waals surface area contributed by atoms with Gasteiger partial charge in [-0.1, -0.05) is 0 Å². The Morgan fingerprint density at radius 3 is 3.06 bits per heavy atom. The summed E-state index contributed by atoms with van der Waals surface area (Å²) < 4.78 is 1.17. The Bertz CT molecular complexity index is 426. The lowest BCUT2D eigenvalue weighted by Gasteiger charge is -2.10. The molecule has 0 aromatic carbocycles. The number of rotatable bonds is 5. The number of H-pyrrole nitrogens is 1. The molecule has 0 aliphatic rings. The maximum absolute atomic E-state index is 4.08. The average molecular weight is 301 g/mol. The standard InChI is InChI=1S/C10H13BrN4S/c1-7(8-2-3-9(11)16-8)12-5-4-10-13-6-14-15-10/h2-3,6-7,12H,4-5H2,1H3,(H,13,14,15). The van der Waals surface area contributed by atoms with Crippen LogP contribution >= 0.6 is 27.3 Å². The van der Waals surface area contributed by atoms with E-state index in [-0.39, 0.29) is 0 Å². The first-order valence-electron chi connectivity index (χ1n) is 5.08. The SMILES string of the molecule is CC(NCCc1ncn[nH]1)c1ccc(Br)s1. The molecule has 0 fully saturated rings. The first kappa shape index (κ1) is 11.8. The summed E-state index contributed by atoms with van der Waals surface area (Å²) in [6, 6.07) is 4.59. The minimum Gasteiger partial charge on any atom is -0.309 e. The molecule has 0 saturated carbocycles. The molecule has 0 amide bonds. The Morgan fingerprint density at radius 1 is 1.56 bits per heavy atom. The van der Waals surface area contributed by atoms with Crippen LogP contribution in [0.25, 0.3) is 0 Å². The van der Waals surface area contributed by atoms with Crippen molar-refractivity contribution in [1.29, 1.82) is 0 Å². The number of aromatic nitrogens is 3. The van der Waals surface area contributed by atoms with Crippen LogP contribution in [-0.2, 0) is 6.42 Å². The van der Waals surface area contributed by atoms with Gasteiger partial charge in [0, 0.05) is 23.9 Å². The van der Waals surface area contributed by atoms with Gasteiger partial charge in [-0.25, -0.2) is 4.98 Å². The summed E-state index contributed by atoms with van der Waals surface area (Å²) >= 11 is 5.23. The Morgan fingerprint density at radius 2 is 2.44 bits per heavy atom. The molecule has 2 heterocycles. The lowest BCUT2D eigenvalue weighted by molar-refractivity contribution is 0.578. The van der Waals surface area contributed by atoms with Crippen molar-refractivity contribution in [3.63, 3.8) is 0 Å². The number of aromatic amines is 1. The average Bonchev–Trinajstić information content (AvgIpc) is 2.89. The van der Waals surface area contributed by atoms with Gasteiger partial charge in [0.05, 0.1) is 3.79 Å². The lowest BCUT2D eigenvalue weighted by atomic mass is 10.2. The van der Waals surface area contributed by atoms with Gasteiger partial charge >= 0.3 is 0 Å². The molecule has 2 rings (SSSR count).